The van der Waals surface area contributed by atoms with Crippen LogP contribution in [0.15, 0.2) is 4.52 Å². The molecule has 1 aliphatic carbocycles. The molecule has 0 radical (unpaired) electrons. The Kier molecular flexibility index (Phi) is 3.95. The minimum absolute atomic E-state index is 0.0509. The van der Waals surface area contributed by atoms with Crippen molar-refractivity contribution in [1.29, 1.82) is 0 Å². The lowest BCUT2D eigenvalue weighted by Gasteiger charge is -2.22. The van der Waals surface area contributed by atoms with Gasteiger partial charge < -0.3 is 19.0 Å². The number of aromatic amines is 1. The molecule has 0 aromatic carbocycles. The van der Waals surface area contributed by atoms with E-state index in [-0.39, 0.29) is 6.10 Å². The summed E-state index contributed by atoms with van der Waals surface area (Å²) in [5.41, 5.74) is 4.83. The number of H-pyrrole nitrogens is 1. The molecule has 7 nitrogen and oxygen atoms in total. The number of methoxy groups -OCH3 is 2. The standard InChI is InChI=1S/C18H22N4O3/c1-5-12-21-18(25-22-12)16-17(24-4)14-13-10(7-6-8-11(13)23-3)20-15(14)9(2)19-16/h11,20H,5-8H2,1-4H3. The van der Waals surface area contributed by atoms with Gasteiger partial charge in [0.2, 0.25) is 0 Å². The van der Waals surface area contributed by atoms with Gasteiger partial charge in [-0.3, -0.25) is 0 Å². The van der Waals surface area contributed by atoms with Gasteiger partial charge in [0.05, 0.1) is 29.8 Å². The van der Waals surface area contributed by atoms with Crippen LogP contribution in [0.25, 0.3) is 22.5 Å². The molecule has 0 saturated heterocycles. The van der Waals surface area contributed by atoms with Gasteiger partial charge in [0, 0.05) is 24.8 Å². The molecule has 3 aromatic heterocycles. The van der Waals surface area contributed by atoms with Crippen molar-refractivity contribution >= 4 is 10.9 Å². The molecule has 0 aliphatic heterocycles. The number of aromatic nitrogens is 4. The second-order valence-electron chi connectivity index (χ2n) is 6.33. The Hall–Kier alpha value is -2.41. The summed E-state index contributed by atoms with van der Waals surface area (Å²) in [5, 5.41) is 5.00. The van der Waals surface area contributed by atoms with Gasteiger partial charge in [0.1, 0.15) is 0 Å². The molecular formula is C18H22N4O3. The van der Waals surface area contributed by atoms with Crippen LogP contribution in [0.3, 0.4) is 0 Å². The number of rotatable bonds is 4. The van der Waals surface area contributed by atoms with Crippen molar-refractivity contribution in [2.24, 2.45) is 0 Å². The maximum absolute atomic E-state index is 5.76. The predicted molar refractivity (Wildman–Crippen MR) is 92.7 cm³/mol. The van der Waals surface area contributed by atoms with Gasteiger partial charge in [0.25, 0.3) is 5.89 Å². The summed E-state index contributed by atoms with van der Waals surface area (Å²) >= 11 is 0. The average molecular weight is 342 g/mol. The first-order valence-electron chi connectivity index (χ1n) is 8.62. The van der Waals surface area contributed by atoms with E-state index in [4.69, 9.17) is 19.0 Å². The average Bonchev–Trinajstić information content (AvgIpc) is 3.26. The Labute approximate surface area is 145 Å². The molecule has 0 amide bonds. The Balaban J connectivity index is 2.02. The van der Waals surface area contributed by atoms with E-state index in [1.54, 1.807) is 14.2 Å². The van der Waals surface area contributed by atoms with Crippen LogP contribution in [0.5, 0.6) is 5.75 Å². The molecule has 0 bridgehead atoms. The molecule has 4 rings (SSSR count). The quantitative estimate of drug-likeness (QED) is 0.781. The molecule has 0 spiro atoms. The summed E-state index contributed by atoms with van der Waals surface area (Å²) in [7, 11) is 3.40. The zero-order valence-electron chi connectivity index (χ0n) is 15.0. The fourth-order valence-electron chi connectivity index (χ4n) is 3.70. The first-order valence-corrected chi connectivity index (χ1v) is 8.62. The molecule has 7 heteroatoms. The van der Waals surface area contributed by atoms with E-state index in [0.717, 1.165) is 35.9 Å². The number of ether oxygens (including phenoxy) is 2. The van der Waals surface area contributed by atoms with E-state index < -0.39 is 0 Å². The van der Waals surface area contributed by atoms with Crippen LogP contribution in [-0.2, 0) is 17.6 Å². The summed E-state index contributed by atoms with van der Waals surface area (Å²) in [6.45, 7) is 3.96. The highest BCUT2D eigenvalue weighted by atomic mass is 16.5. The largest absolute Gasteiger partial charge is 0.494 e. The van der Waals surface area contributed by atoms with E-state index in [9.17, 15) is 0 Å². The number of nitrogens with one attached hydrogen (secondary N) is 1. The van der Waals surface area contributed by atoms with E-state index >= 15 is 0 Å². The molecule has 3 aromatic rings. The second-order valence-corrected chi connectivity index (χ2v) is 6.33. The van der Waals surface area contributed by atoms with Crippen LogP contribution in [0, 0.1) is 6.92 Å². The van der Waals surface area contributed by atoms with Gasteiger partial charge >= 0.3 is 0 Å². The zero-order valence-corrected chi connectivity index (χ0v) is 15.0. The van der Waals surface area contributed by atoms with Crippen molar-refractivity contribution in [3.05, 3.63) is 22.8 Å². The molecule has 1 unspecified atom stereocenters. The minimum Gasteiger partial charge on any atom is -0.494 e. The summed E-state index contributed by atoms with van der Waals surface area (Å²) in [4.78, 5) is 12.6. The van der Waals surface area contributed by atoms with Crippen molar-refractivity contribution in [3.8, 4) is 17.3 Å². The second kappa shape index (κ2) is 6.15. The Morgan fingerprint density at radius 1 is 1.28 bits per heavy atom. The van der Waals surface area contributed by atoms with E-state index in [1.165, 1.54) is 11.3 Å². The fourth-order valence-corrected chi connectivity index (χ4v) is 3.70. The SMILES string of the molecule is CCc1noc(-c2nc(C)c3[nH]c4c(c3c2OC)C(OC)CCC4)n1. The maximum atomic E-state index is 5.76. The molecule has 1 N–H and O–H groups in total. The molecule has 3 heterocycles. The van der Waals surface area contributed by atoms with Crippen LogP contribution in [0.4, 0.5) is 0 Å². The summed E-state index contributed by atoms with van der Waals surface area (Å²) in [5.74, 6) is 1.70. The van der Waals surface area contributed by atoms with E-state index in [1.807, 2.05) is 13.8 Å². The molecule has 1 aliphatic rings. The predicted octanol–water partition coefficient (Wildman–Crippen LogP) is 3.52. The fraction of sp³-hybridized carbons (Fsp3) is 0.500. The van der Waals surface area contributed by atoms with Gasteiger partial charge in [0.15, 0.2) is 17.3 Å². The first kappa shape index (κ1) is 16.1. The number of fused-ring (bicyclic) bond motifs is 3. The lowest BCUT2D eigenvalue weighted by Crippen LogP contribution is -2.10. The summed E-state index contributed by atoms with van der Waals surface area (Å²) < 4.78 is 16.9. The van der Waals surface area contributed by atoms with Gasteiger partial charge in [-0.05, 0) is 26.2 Å². The van der Waals surface area contributed by atoms with Crippen molar-refractivity contribution in [1.82, 2.24) is 20.1 Å². The Bertz CT molecular complexity index is 928. The normalized spacial score (nSPS) is 17.0. The highest BCUT2D eigenvalue weighted by Crippen LogP contribution is 2.44. The Morgan fingerprint density at radius 3 is 2.80 bits per heavy atom. The first-order chi connectivity index (χ1) is 12.2. The molecule has 0 fully saturated rings. The highest BCUT2D eigenvalue weighted by molar-refractivity contribution is 5.96. The zero-order chi connectivity index (χ0) is 17.6. The lowest BCUT2D eigenvalue weighted by atomic mass is 9.92. The van der Waals surface area contributed by atoms with Gasteiger partial charge in [-0.25, -0.2) is 4.98 Å². The molecule has 1 atom stereocenters. The lowest BCUT2D eigenvalue weighted by molar-refractivity contribution is 0.0890. The van der Waals surface area contributed by atoms with Crippen LogP contribution in [-0.4, -0.2) is 34.3 Å². The van der Waals surface area contributed by atoms with Crippen LogP contribution in [0.1, 0.15) is 48.6 Å². The molecule has 0 saturated carbocycles. The smallest absolute Gasteiger partial charge is 0.280 e. The van der Waals surface area contributed by atoms with Crippen molar-refractivity contribution in [2.75, 3.05) is 14.2 Å². The van der Waals surface area contributed by atoms with Crippen LogP contribution >= 0.6 is 0 Å². The monoisotopic (exact) mass is 342 g/mol. The number of nitrogens with zero attached hydrogens (tertiary/aromatic N) is 3. The van der Waals surface area contributed by atoms with Crippen LogP contribution in [0.2, 0.25) is 0 Å². The van der Waals surface area contributed by atoms with Gasteiger partial charge in [-0.2, -0.15) is 4.98 Å². The number of hydrogen-bond acceptors (Lipinski definition) is 6. The number of aryl methyl sites for hydroxylation is 3. The molecule has 25 heavy (non-hydrogen) atoms. The molecular weight excluding hydrogens is 320 g/mol. The Morgan fingerprint density at radius 2 is 2.12 bits per heavy atom. The third-order valence-electron chi connectivity index (χ3n) is 4.89. The van der Waals surface area contributed by atoms with Crippen molar-refractivity contribution < 1.29 is 14.0 Å². The maximum Gasteiger partial charge on any atom is 0.280 e. The summed E-state index contributed by atoms with van der Waals surface area (Å²) in [6, 6.07) is 0. The van der Waals surface area contributed by atoms with Crippen molar-refractivity contribution in [2.45, 2.75) is 45.6 Å². The highest BCUT2D eigenvalue weighted by Gasteiger charge is 2.30. The van der Waals surface area contributed by atoms with Gasteiger partial charge in [-0.1, -0.05) is 12.1 Å². The third kappa shape index (κ3) is 2.41. The number of hydrogen-bond donors (Lipinski definition) is 1. The third-order valence-corrected chi connectivity index (χ3v) is 4.89. The summed E-state index contributed by atoms with van der Waals surface area (Å²) in [6.07, 6.45) is 3.86. The topological polar surface area (TPSA) is 86.1 Å². The van der Waals surface area contributed by atoms with E-state index in [2.05, 4.69) is 15.1 Å². The minimum atomic E-state index is 0.0509. The number of pyridine rings is 1. The molecule has 132 valence electrons. The van der Waals surface area contributed by atoms with Crippen LogP contribution < -0.4 is 4.74 Å². The van der Waals surface area contributed by atoms with Gasteiger partial charge in [-0.15, -0.1) is 0 Å². The van der Waals surface area contributed by atoms with Crippen molar-refractivity contribution in [3.63, 3.8) is 0 Å². The van der Waals surface area contributed by atoms with E-state index in [0.29, 0.717) is 29.6 Å².